The normalized spacial score (nSPS) is 11.8. The Morgan fingerprint density at radius 2 is 2.00 bits per heavy atom. The van der Waals surface area contributed by atoms with Gasteiger partial charge in [-0.15, -0.1) is 0 Å². The molecule has 0 saturated heterocycles. The maximum Gasteiger partial charge on any atom is 0.331 e. The Morgan fingerprint density at radius 1 is 1.33 bits per heavy atom. The van der Waals surface area contributed by atoms with Crippen molar-refractivity contribution in [1.82, 2.24) is 9.13 Å². The van der Waals surface area contributed by atoms with E-state index in [-0.39, 0.29) is 29.9 Å². The first-order valence-electron chi connectivity index (χ1n) is 5.97. The summed E-state index contributed by atoms with van der Waals surface area (Å²) in [4.78, 5) is 23.5. The SMILES string of the molecule is COC(C)(C)CCn1ccc(=O)n(CCN)c1=O. The summed E-state index contributed by atoms with van der Waals surface area (Å²) >= 11 is 0. The van der Waals surface area contributed by atoms with E-state index < -0.39 is 0 Å². The summed E-state index contributed by atoms with van der Waals surface area (Å²) in [5.74, 6) is 0. The fraction of sp³-hybridized carbons (Fsp3) is 0.667. The number of aryl methyl sites for hydroxylation is 1. The molecule has 0 amide bonds. The van der Waals surface area contributed by atoms with Gasteiger partial charge in [0.15, 0.2) is 0 Å². The largest absolute Gasteiger partial charge is 0.379 e. The minimum atomic E-state index is -0.320. The van der Waals surface area contributed by atoms with Crippen LogP contribution >= 0.6 is 0 Å². The van der Waals surface area contributed by atoms with E-state index in [2.05, 4.69) is 0 Å². The Bertz CT molecular complexity index is 502. The van der Waals surface area contributed by atoms with Gasteiger partial charge in [-0.2, -0.15) is 0 Å². The van der Waals surface area contributed by atoms with Gasteiger partial charge in [-0.3, -0.25) is 9.36 Å². The third-order valence-electron chi connectivity index (χ3n) is 3.00. The highest BCUT2D eigenvalue weighted by atomic mass is 16.5. The molecule has 0 aliphatic heterocycles. The molecule has 1 aromatic rings. The summed E-state index contributed by atoms with van der Waals surface area (Å²) in [7, 11) is 1.64. The van der Waals surface area contributed by atoms with Gasteiger partial charge in [-0.1, -0.05) is 0 Å². The van der Waals surface area contributed by atoms with Gasteiger partial charge in [0.2, 0.25) is 0 Å². The van der Waals surface area contributed by atoms with Crippen LogP contribution in [0.2, 0.25) is 0 Å². The molecule has 0 saturated carbocycles. The van der Waals surface area contributed by atoms with E-state index in [0.29, 0.717) is 13.0 Å². The number of ether oxygens (including phenoxy) is 1. The van der Waals surface area contributed by atoms with Crippen molar-refractivity contribution >= 4 is 0 Å². The molecular weight excluding hydrogens is 234 g/mol. The number of nitrogens with zero attached hydrogens (tertiary/aromatic N) is 2. The van der Waals surface area contributed by atoms with Crippen molar-refractivity contribution in [1.29, 1.82) is 0 Å². The number of rotatable bonds is 6. The van der Waals surface area contributed by atoms with Crippen LogP contribution in [-0.2, 0) is 17.8 Å². The Hall–Kier alpha value is -1.40. The zero-order valence-corrected chi connectivity index (χ0v) is 11.2. The molecular formula is C12H21N3O3. The molecule has 102 valence electrons. The smallest absolute Gasteiger partial charge is 0.331 e. The molecule has 0 aliphatic carbocycles. The Labute approximate surface area is 106 Å². The first-order chi connectivity index (χ1) is 8.41. The summed E-state index contributed by atoms with van der Waals surface area (Å²) in [5, 5.41) is 0. The molecule has 0 fully saturated rings. The molecule has 6 nitrogen and oxygen atoms in total. The molecule has 0 spiro atoms. The molecule has 1 aromatic heterocycles. The van der Waals surface area contributed by atoms with Crippen LogP contribution in [0, 0.1) is 0 Å². The average molecular weight is 255 g/mol. The van der Waals surface area contributed by atoms with E-state index in [4.69, 9.17) is 10.5 Å². The van der Waals surface area contributed by atoms with Crippen LogP contribution in [0.15, 0.2) is 21.9 Å². The summed E-state index contributed by atoms with van der Waals surface area (Å²) in [6.07, 6.45) is 2.20. The van der Waals surface area contributed by atoms with Crippen molar-refractivity contribution in [3.05, 3.63) is 33.1 Å². The molecule has 0 bridgehead atoms. The van der Waals surface area contributed by atoms with Crippen molar-refractivity contribution < 1.29 is 4.74 Å². The number of methoxy groups -OCH3 is 1. The summed E-state index contributed by atoms with van der Waals surface area (Å²) in [6.45, 7) is 4.92. The molecule has 6 heteroatoms. The quantitative estimate of drug-likeness (QED) is 0.762. The summed E-state index contributed by atoms with van der Waals surface area (Å²) in [5.41, 5.74) is 4.46. The van der Waals surface area contributed by atoms with Crippen LogP contribution in [0.1, 0.15) is 20.3 Å². The average Bonchev–Trinajstić information content (AvgIpc) is 2.33. The number of hydrogen-bond donors (Lipinski definition) is 1. The Balaban J connectivity index is 2.95. The second kappa shape index (κ2) is 5.97. The highest BCUT2D eigenvalue weighted by Gasteiger charge is 2.16. The van der Waals surface area contributed by atoms with Gasteiger partial charge in [0.25, 0.3) is 5.56 Å². The van der Waals surface area contributed by atoms with Crippen molar-refractivity contribution in [3.8, 4) is 0 Å². The lowest BCUT2D eigenvalue weighted by atomic mass is 10.1. The molecule has 0 atom stereocenters. The molecule has 0 aromatic carbocycles. The third kappa shape index (κ3) is 3.54. The predicted octanol–water partition coefficient (Wildman–Crippen LogP) is -0.216. The zero-order chi connectivity index (χ0) is 13.8. The van der Waals surface area contributed by atoms with E-state index in [9.17, 15) is 9.59 Å². The predicted molar refractivity (Wildman–Crippen MR) is 69.7 cm³/mol. The van der Waals surface area contributed by atoms with Gasteiger partial charge in [-0.05, 0) is 20.3 Å². The van der Waals surface area contributed by atoms with E-state index in [1.54, 1.807) is 7.11 Å². The molecule has 2 N–H and O–H groups in total. The van der Waals surface area contributed by atoms with E-state index >= 15 is 0 Å². The summed E-state index contributed by atoms with van der Waals surface area (Å²) in [6, 6.07) is 1.39. The van der Waals surface area contributed by atoms with Gasteiger partial charge >= 0.3 is 5.69 Å². The standard InChI is InChI=1S/C12H21N3O3/c1-12(2,18-3)5-8-14-7-4-10(16)15(9-6-13)11(14)17/h4,7H,5-6,8-9,13H2,1-3H3. The van der Waals surface area contributed by atoms with Crippen LogP contribution in [0.3, 0.4) is 0 Å². The zero-order valence-electron chi connectivity index (χ0n) is 11.2. The fourth-order valence-electron chi connectivity index (χ4n) is 1.55. The molecule has 1 heterocycles. The van der Waals surface area contributed by atoms with E-state index in [1.807, 2.05) is 13.8 Å². The monoisotopic (exact) mass is 255 g/mol. The first-order valence-corrected chi connectivity index (χ1v) is 5.97. The topological polar surface area (TPSA) is 79.2 Å². The van der Waals surface area contributed by atoms with Crippen LogP contribution in [0.4, 0.5) is 0 Å². The lowest BCUT2D eigenvalue weighted by Gasteiger charge is -2.23. The van der Waals surface area contributed by atoms with Crippen molar-refractivity contribution in [2.75, 3.05) is 13.7 Å². The highest BCUT2D eigenvalue weighted by Crippen LogP contribution is 2.13. The lowest BCUT2D eigenvalue weighted by molar-refractivity contribution is 0.0117. The maximum absolute atomic E-state index is 12.0. The van der Waals surface area contributed by atoms with Crippen LogP contribution in [0.25, 0.3) is 0 Å². The van der Waals surface area contributed by atoms with Crippen molar-refractivity contribution in [2.24, 2.45) is 5.73 Å². The van der Waals surface area contributed by atoms with Crippen LogP contribution in [-0.4, -0.2) is 28.4 Å². The van der Waals surface area contributed by atoms with Gasteiger partial charge < -0.3 is 15.0 Å². The first kappa shape index (κ1) is 14.7. The second-order valence-corrected chi connectivity index (χ2v) is 4.78. The molecule has 0 aliphatic rings. The van der Waals surface area contributed by atoms with Gasteiger partial charge in [0, 0.05) is 39.0 Å². The van der Waals surface area contributed by atoms with Gasteiger partial charge in [-0.25, -0.2) is 4.79 Å². The molecule has 0 unspecified atom stereocenters. The lowest BCUT2D eigenvalue weighted by Crippen LogP contribution is -2.41. The highest BCUT2D eigenvalue weighted by molar-refractivity contribution is 4.87. The number of nitrogens with two attached hydrogens (primary N) is 1. The minimum absolute atomic E-state index is 0.242. The fourth-order valence-corrected chi connectivity index (χ4v) is 1.55. The Morgan fingerprint density at radius 3 is 2.56 bits per heavy atom. The minimum Gasteiger partial charge on any atom is -0.379 e. The molecule has 18 heavy (non-hydrogen) atoms. The van der Waals surface area contributed by atoms with Crippen LogP contribution < -0.4 is 17.0 Å². The van der Waals surface area contributed by atoms with Crippen molar-refractivity contribution in [2.45, 2.75) is 39.0 Å². The van der Waals surface area contributed by atoms with E-state index in [1.165, 1.54) is 16.8 Å². The van der Waals surface area contributed by atoms with E-state index in [0.717, 1.165) is 4.57 Å². The van der Waals surface area contributed by atoms with Crippen molar-refractivity contribution in [3.63, 3.8) is 0 Å². The summed E-state index contributed by atoms with van der Waals surface area (Å²) < 4.78 is 7.96. The Kier molecular flexibility index (Phi) is 4.86. The maximum atomic E-state index is 12.0. The molecule has 0 radical (unpaired) electrons. The van der Waals surface area contributed by atoms with Gasteiger partial charge in [0.1, 0.15) is 0 Å². The number of hydrogen-bond acceptors (Lipinski definition) is 4. The molecule has 1 rings (SSSR count). The van der Waals surface area contributed by atoms with Crippen LogP contribution in [0.5, 0.6) is 0 Å². The number of aromatic nitrogens is 2. The third-order valence-corrected chi connectivity index (χ3v) is 3.00. The second-order valence-electron chi connectivity index (χ2n) is 4.78. The van der Waals surface area contributed by atoms with Gasteiger partial charge in [0.05, 0.1) is 5.60 Å².